The van der Waals surface area contributed by atoms with Crippen molar-refractivity contribution in [2.24, 2.45) is 9.98 Å². The van der Waals surface area contributed by atoms with Crippen molar-refractivity contribution in [3.63, 3.8) is 0 Å². The summed E-state index contributed by atoms with van der Waals surface area (Å²) < 4.78 is 0. The molecule has 0 spiro atoms. The van der Waals surface area contributed by atoms with Crippen molar-refractivity contribution in [2.75, 3.05) is 10.6 Å². The highest BCUT2D eigenvalue weighted by Gasteiger charge is 2.27. The van der Waals surface area contributed by atoms with E-state index in [9.17, 15) is 9.59 Å². The van der Waals surface area contributed by atoms with Gasteiger partial charge in [0, 0.05) is 11.1 Å². The van der Waals surface area contributed by atoms with Crippen LogP contribution in [-0.4, -0.2) is 38.2 Å². The molecule has 134 valence electrons. The molecule has 0 aliphatic carbocycles. The summed E-state index contributed by atoms with van der Waals surface area (Å²) in [5.41, 5.74) is 3.13. The Bertz CT molecular complexity index is 1130. The number of carbonyl (C=O) groups excluding carboxylic acids is 2. The Morgan fingerprint density at radius 1 is 0.679 bits per heavy atom. The molecule has 3 heterocycles. The number of aliphatic imine (C=N–C) groups is 2. The van der Waals surface area contributed by atoms with Crippen molar-refractivity contribution >= 4 is 46.5 Å². The predicted molar refractivity (Wildman–Crippen MR) is 102 cm³/mol. The van der Waals surface area contributed by atoms with Crippen molar-refractivity contribution in [3.8, 4) is 0 Å². The van der Waals surface area contributed by atoms with Gasteiger partial charge in [-0.1, -0.05) is 36.4 Å². The lowest BCUT2D eigenvalue weighted by molar-refractivity contribution is -0.110. The fourth-order valence-corrected chi connectivity index (χ4v) is 3.01. The molecule has 9 nitrogen and oxygen atoms in total. The third kappa shape index (κ3) is 2.62. The number of hydrogen-bond acceptors (Lipinski definition) is 7. The van der Waals surface area contributed by atoms with Crippen LogP contribution in [0, 0.1) is 0 Å². The summed E-state index contributed by atoms with van der Waals surface area (Å²) in [5.74, 6) is -0.608. The van der Waals surface area contributed by atoms with Gasteiger partial charge in [-0.05, 0) is 12.1 Å². The average Bonchev–Trinajstić information content (AvgIpc) is 3.19. The van der Waals surface area contributed by atoms with Gasteiger partial charge in [0.05, 0.1) is 11.4 Å². The van der Waals surface area contributed by atoms with Gasteiger partial charge in [-0.25, -0.2) is 9.98 Å². The van der Waals surface area contributed by atoms with Crippen LogP contribution in [0.5, 0.6) is 0 Å². The number of nitrogens with zero attached hydrogens (tertiary/aromatic N) is 5. The van der Waals surface area contributed by atoms with Crippen molar-refractivity contribution in [1.29, 1.82) is 0 Å². The summed E-state index contributed by atoms with van der Waals surface area (Å²) >= 11 is 0. The highest BCUT2D eigenvalue weighted by Crippen LogP contribution is 2.26. The first-order valence-electron chi connectivity index (χ1n) is 8.37. The Morgan fingerprint density at radius 2 is 1.14 bits per heavy atom. The molecule has 9 heteroatoms. The molecule has 2 aliphatic heterocycles. The topological polar surface area (TPSA) is 122 Å². The summed E-state index contributed by atoms with van der Waals surface area (Å²) in [4.78, 5) is 45.0. The Balaban J connectivity index is 1.54. The van der Waals surface area contributed by atoms with Crippen molar-refractivity contribution in [2.45, 2.75) is 0 Å². The molecule has 0 radical (unpaired) electrons. The van der Waals surface area contributed by atoms with Crippen LogP contribution in [0.3, 0.4) is 0 Å². The number of benzene rings is 2. The van der Waals surface area contributed by atoms with Crippen molar-refractivity contribution in [1.82, 2.24) is 15.0 Å². The van der Waals surface area contributed by atoms with Crippen LogP contribution in [0.1, 0.15) is 11.1 Å². The summed E-state index contributed by atoms with van der Waals surface area (Å²) in [6.45, 7) is 0. The number of hydrogen-bond donors (Lipinski definition) is 2. The molecule has 0 unspecified atom stereocenters. The summed E-state index contributed by atoms with van der Waals surface area (Å²) in [6, 6.07) is 14.4. The Kier molecular flexibility index (Phi) is 3.51. The van der Waals surface area contributed by atoms with E-state index in [0.717, 1.165) is 0 Å². The van der Waals surface area contributed by atoms with Gasteiger partial charge in [0.1, 0.15) is 17.8 Å². The molecular formula is C19H11N7O2. The van der Waals surface area contributed by atoms with Gasteiger partial charge in [-0.15, -0.1) is 0 Å². The minimum absolute atomic E-state index is 0.0305. The lowest BCUT2D eigenvalue weighted by Crippen LogP contribution is -2.14. The van der Waals surface area contributed by atoms with Gasteiger partial charge in [0.15, 0.2) is 0 Å². The van der Waals surface area contributed by atoms with Crippen LogP contribution >= 0.6 is 0 Å². The first-order chi connectivity index (χ1) is 13.7. The fraction of sp³-hybridized carbons (Fsp3) is 0. The third-order valence-electron chi connectivity index (χ3n) is 4.26. The number of rotatable bonds is 2. The van der Waals surface area contributed by atoms with E-state index in [1.807, 2.05) is 24.3 Å². The van der Waals surface area contributed by atoms with Crippen LogP contribution in [0.15, 0.2) is 64.8 Å². The van der Waals surface area contributed by atoms with Gasteiger partial charge in [0.2, 0.25) is 0 Å². The second kappa shape index (κ2) is 6.16. The maximum Gasteiger partial charge on any atom is 0.275 e. The summed E-state index contributed by atoms with van der Waals surface area (Å²) in [7, 11) is 0. The Hall–Kier alpha value is -4.27. The number of aromatic nitrogens is 3. The zero-order valence-electron chi connectivity index (χ0n) is 14.2. The number of carbonyl (C=O) groups is 2. The van der Waals surface area contributed by atoms with E-state index >= 15 is 0 Å². The lowest BCUT2D eigenvalue weighted by atomic mass is 10.1. The van der Waals surface area contributed by atoms with Crippen LogP contribution < -0.4 is 10.6 Å². The lowest BCUT2D eigenvalue weighted by Gasteiger charge is -1.99. The number of para-hydroxylation sites is 2. The summed E-state index contributed by atoms with van der Waals surface area (Å²) in [6.07, 6.45) is 1.24. The quantitative estimate of drug-likeness (QED) is 0.716. The second-order valence-corrected chi connectivity index (χ2v) is 6.01. The van der Waals surface area contributed by atoms with Crippen molar-refractivity contribution in [3.05, 3.63) is 66.0 Å². The molecule has 0 bridgehead atoms. The van der Waals surface area contributed by atoms with Crippen LogP contribution in [-0.2, 0) is 9.59 Å². The normalized spacial score (nSPS) is 17.4. The number of nitrogens with one attached hydrogen (secondary N) is 2. The van der Waals surface area contributed by atoms with E-state index in [-0.39, 0.29) is 35.1 Å². The number of fused-ring (bicyclic) bond motifs is 2. The third-order valence-corrected chi connectivity index (χ3v) is 4.26. The zero-order chi connectivity index (χ0) is 19.1. The first kappa shape index (κ1) is 15.9. The first-order valence-corrected chi connectivity index (χ1v) is 8.37. The molecule has 2 aliphatic rings. The van der Waals surface area contributed by atoms with E-state index in [0.29, 0.717) is 22.5 Å². The molecule has 2 amide bonds. The second-order valence-electron chi connectivity index (χ2n) is 6.01. The van der Waals surface area contributed by atoms with Gasteiger partial charge in [0.25, 0.3) is 23.7 Å². The number of anilines is 2. The van der Waals surface area contributed by atoms with E-state index in [2.05, 4.69) is 35.6 Å². The zero-order valence-corrected chi connectivity index (χ0v) is 14.2. The minimum Gasteiger partial charge on any atom is -0.320 e. The number of amides is 2. The van der Waals surface area contributed by atoms with Crippen LogP contribution in [0.25, 0.3) is 0 Å². The minimum atomic E-state index is -0.335. The Morgan fingerprint density at radius 3 is 1.64 bits per heavy atom. The SMILES string of the molecule is O=C1Nc2ccccc2/C1=N/c1ncnc(/N=C2\C(=O)Nc3ccccc32)n1. The van der Waals surface area contributed by atoms with Gasteiger partial charge in [-0.3, -0.25) is 9.59 Å². The monoisotopic (exact) mass is 369 g/mol. The van der Waals surface area contributed by atoms with E-state index < -0.39 is 0 Å². The molecule has 5 rings (SSSR count). The van der Waals surface area contributed by atoms with Gasteiger partial charge < -0.3 is 10.6 Å². The molecule has 0 saturated heterocycles. The van der Waals surface area contributed by atoms with E-state index in [4.69, 9.17) is 0 Å². The largest absolute Gasteiger partial charge is 0.320 e. The van der Waals surface area contributed by atoms with Gasteiger partial charge in [-0.2, -0.15) is 15.0 Å². The van der Waals surface area contributed by atoms with Crippen molar-refractivity contribution < 1.29 is 9.59 Å². The molecule has 0 atom stereocenters. The maximum atomic E-state index is 12.2. The molecule has 2 aromatic carbocycles. The molecule has 1 aromatic heterocycles. The smallest absolute Gasteiger partial charge is 0.275 e. The van der Waals surface area contributed by atoms with Crippen LogP contribution in [0.4, 0.5) is 23.3 Å². The molecule has 0 saturated carbocycles. The predicted octanol–water partition coefficient (Wildman–Crippen LogP) is 2.02. The molecular weight excluding hydrogens is 358 g/mol. The highest BCUT2D eigenvalue weighted by molar-refractivity contribution is 6.54. The summed E-state index contributed by atoms with van der Waals surface area (Å²) in [5, 5.41) is 5.47. The van der Waals surface area contributed by atoms with Crippen LogP contribution in [0.2, 0.25) is 0 Å². The molecule has 3 aromatic rings. The maximum absolute atomic E-state index is 12.2. The molecule has 28 heavy (non-hydrogen) atoms. The van der Waals surface area contributed by atoms with E-state index in [1.54, 1.807) is 24.3 Å². The highest BCUT2D eigenvalue weighted by atomic mass is 16.2. The van der Waals surface area contributed by atoms with Gasteiger partial charge >= 0.3 is 0 Å². The average molecular weight is 369 g/mol. The van der Waals surface area contributed by atoms with E-state index in [1.165, 1.54) is 6.33 Å². The standard InChI is InChI=1S/C19H11N7O2/c27-16-14(10-5-1-3-7-12(10)22-16)24-18-20-9-21-19(26-18)25-15-11-6-2-4-8-13(11)23-17(15)28/h1-9H,(H2,20,21,22,23,24,25,26,27,28). The Labute approximate surface area is 158 Å². The fourth-order valence-electron chi connectivity index (χ4n) is 3.01. The molecule has 0 fully saturated rings. The molecule has 2 N–H and O–H groups in total.